The second-order valence-corrected chi connectivity index (χ2v) is 4.45. The van der Waals surface area contributed by atoms with Gasteiger partial charge in [-0.05, 0) is 24.7 Å². The van der Waals surface area contributed by atoms with E-state index in [2.05, 4.69) is 13.8 Å². The topological polar surface area (TPSA) is 0 Å². The second-order valence-electron chi connectivity index (χ2n) is 4.45. The van der Waals surface area contributed by atoms with Crippen molar-refractivity contribution < 1.29 is 0 Å². The Morgan fingerprint density at radius 3 is 1.00 bits per heavy atom. The third kappa shape index (κ3) is 3.79. The van der Waals surface area contributed by atoms with Crippen molar-refractivity contribution >= 4 is 0 Å². The van der Waals surface area contributed by atoms with Crippen LogP contribution in [0.5, 0.6) is 0 Å². The van der Waals surface area contributed by atoms with Crippen LogP contribution in [-0.4, -0.2) is 0 Å². The highest BCUT2D eigenvalue weighted by Gasteiger charge is 2.19. The Hall–Kier alpha value is 0. The van der Waals surface area contributed by atoms with E-state index in [9.17, 15) is 0 Å². The zero-order valence-corrected chi connectivity index (χ0v) is 8.10. The van der Waals surface area contributed by atoms with E-state index in [1.165, 1.54) is 44.9 Å². The smallest absolute Gasteiger partial charge is 0.0438 e. The third-order valence-corrected chi connectivity index (χ3v) is 2.86. The summed E-state index contributed by atoms with van der Waals surface area (Å²) in [5.74, 6) is 2.08. The van der Waals surface area contributed by atoms with Gasteiger partial charge in [0.05, 0.1) is 0 Å². The van der Waals surface area contributed by atoms with Crippen LogP contribution in [0.4, 0.5) is 0 Å². The monoisotopic (exact) mass is 154 g/mol. The summed E-state index contributed by atoms with van der Waals surface area (Å²) in [6, 6.07) is 0. The van der Waals surface area contributed by atoms with Crippen molar-refractivity contribution in [1.29, 1.82) is 0 Å². The van der Waals surface area contributed by atoms with E-state index in [1.54, 1.807) is 0 Å². The van der Waals surface area contributed by atoms with E-state index in [4.69, 9.17) is 0 Å². The molecule has 0 bridgehead atoms. The van der Waals surface area contributed by atoms with Gasteiger partial charge in [0.15, 0.2) is 0 Å². The summed E-state index contributed by atoms with van der Waals surface area (Å²) < 4.78 is 0. The Kier molecular flexibility index (Phi) is 3.96. The van der Waals surface area contributed by atoms with Crippen molar-refractivity contribution in [3.8, 4) is 0 Å². The lowest BCUT2D eigenvalue weighted by molar-refractivity contribution is 0.233. The molecule has 11 heavy (non-hydrogen) atoms. The van der Waals surface area contributed by atoms with Gasteiger partial charge in [0.2, 0.25) is 0 Å². The van der Waals surface area contributed by atoms with Gasteiger partial charge in [-0.15, -0.1) is 0 Å². The van der Waals surface area contributed by atoms with Gasteiger partial charge in [-0.3, -0.25) is 0 Å². The zero-order valence-electron chi connectivity index (χ0n) is 8.10. The molecule has 0 N–H and O–H groups in total. The van der Waals surface area contributed by atoms with E-state index in [-0.39, 0.29) is 0 Å². The minimum atomic E-state index is 1.04. The van der Waals surface area contributed by atoms with Crippen molar-refractivity contribution in [3.05, 3.63) is 0 Å². The molecular formula is C11H22. The average Bonchev–Trinajstić information content (AvgIpc) is 2.39. The predicted molar refractivity (Wildman–Crippen MR) is 50.6 cm³/mol. The van der Waals surface area contributed by atoms with Crippen LogP contribution in [0.15, 0.2) is 0 Å². The lowest BCUT2D eigenvalue weighted by Crippen LogP contribution is -2.16. The van der Waals surface area contributed by atoms with Crippen LogP contribution in [0.1, 0.15) is 58.8 Å². The Morgan fingerprint density at radius 1 is 0.636 bits per heavy atom. The zero-order chi connectivity index (χ0) is 8.10. The summed E-state index contributed by atoms with van der Waals surface area (Å²) in [4.78, 5) is 0. The second kappa shape index (κ2) is 4.79. The molecule has 0 heteroatoms. The molecule has 2 saturated carbocycles. The largest absolute Gasteiger partial charge is 0.0625 e. The van der Waals surface area contributed by atoms with Crippen molar-refractivity contribution in [2.75, 3.05) is 0 Å². The maximum Gasteiger partial charge on any atom is -0.0438 e. The molecule has 0 spiro atoms. The maximum absolute atomic E-state index is 2.32. The molecule has 0 amide bonds. The summed E-state index contributed by atoms with van der Waals surface area (Å²) in [5, 5.41) is 0. The Balaban J connectivity index is 0.000000112. The van der Waals surface area contributed by atoms with Crippen LogP contribution in [0.3, 0.4) is 0 Å². The average molecular weight is 154 g/mol. The first kappa shape index (κ1) is 9.09. The summed E-state index contributed by atoms with van der Waals surface area (Å²) in [6.45, 7) is 4.64. The highest BCUT2D eigenvalue weighted by atomic mass is 14.2. The predicted octanol–water partition coefficient (Wildman–Crippen LogP) is 4.00. The molecular weight excluding hydrogens is 132 g/mol. The Labute approximate surface area is 71.4 Å². The van der Waals surface area contributed by atoms with Gasteiger partial charge < -0.3 is 0 Å². The quantitative estimate of drug-likeness (QED) is 0.494. The van der Waals surface area contributed by atoms with Gasteiger partial charge in [-0.1, -0.05) is 46.0 Å². The molecule has 0 aromatic rings. The molecule has 0 radical (unpaired) electrons. The highest BCUT2D eigenvalue weighted by molar-refractivity contribution is 4.71. The molecule has 0 atom stereocenters. The summed E-state index contributed by atoms with van der Waals surface area (Å²) in [6.07, 6.45) is 10.4. The van der Waals surface area contributed by atoms with Crippen LogP contribution in [0, 0.1) is 11.8 Å². The van der Waals surface area contributed by atoms with Gasteiger partial charge in [0.1, 0.15) is 0 Å². The molecule has 0 saturated heterocycles. The summed E-state index contributed by atoms with van der Waals surface area (Å²) in [7, 11) is 0. The number of hydrogen-bond acceptors (Lipinski definition) is 0. The molecule has 2 aliphatic rings. The Morgan fingerprint density at radius 2 is 0.909 bits per heavy atom. The van der Waals surface area contributed by atoms with Crippen molar-refractivity contribution in [2.24, 2.45) is 11.8 Å². The van der Waals surface area contributed by atoms with Gasteiger partial charge in [0.25, 0.3) is 0 Å². The molecule has 2 fully saturated rings. The molecule has 66 valence electrons. The van der Waals surface area contributed by atoms with Crippen LogP contribution >= 0.6 is 0 Å². The van der Waals surface area contributed by atoms with E-state index in [0.29, 0.717) is 0 Å². The Bertz CT molecular complexity index is 72.6. The minimum absolute atomic E-state index is 1.04. The van der Waals surface area contributed by atoms with Gasteiger partial charge in [0, 0.05) is 0 Å². The standard InChI is InChI=1S/C6H12.C5H10/c1-5-3-6(2)4-5;1-2-4-5-3-1/h5-6H,3-4H2,1-2H3;1-5H2. The lowest BCUT2D eigenvalue weighted by Gasteiger charge is -2.28. The molecule has 0 aromatic carbocycles. The van der Waals surface area contributed by atoms with Gasteiger partial charge in [-0.25, -0.2) is 0 Å². The number of rotatable bonds is 0. The molecule has 0 aliphatic heterocycles. The van der Waals surface area contributed by atoms with Gasteiger partial charge in [-0.2, -0.15) is 0 Å². The minimum Gasteiger partial charge on any atom is -0.0625 e. The molecule has 0 nitrogen and oxygen atoms in total. The fourth-order valence-electron chi connectivity index (χ4n) is 2.19. The van der Waals surface area contributed by atoms with Crippen molar-refractivity contribution in [3.63, 3.8) is 0 Å². The van der Waals surface area contributed by atoms with Crippen LogP contribution in [0.2, 0.25) is 0 Å². The third-order valence-electron chi connectivity index (χ3n) is 2.86. The normalized spacial score (nSPS) is 35.5. The molecule has 0 aromatic heterocycles. The summed E-state index contributed by atoms with van der Waals surface area (Å²) >= 11 is 0. The first-order valence-electron chi connectivity index (χ1n) is 5.29. The van der Waals surface area contributed by atoms with Crippen LogP contribution in [-0.2, 0) is 0 Å². The molecule has 2 aliphatic carbocycles. The lowest BCUT2D eigenvalue weighted by atomic mass is 9.78. The fraction of sp³-hybridized carbons (Fsp3) is 1.00. The SMILES string of the molecule is C1CCCC1.CC1CC(C)C1. The first-order valence-corrected chi connectivity index (χ1v) is 5.29. The number of hydrogen-bond donors (Lipinski definition) is 0. The van der Waals surface area contributed by atoms with E-state index < -0.39 is 0 Å². The van der Waals surface area contributed by atoms with Gasteiger partial charge >= 0.3 is 0 Å². The first-order chi connectivity index (χ1) is 5.29. The summed E-state index contributed by atoms with van der Waals surface area (Å²) in [5.41, 5.74) is 0. The van der Waals surface area contributed by atoms with E-state index in [1.807, 2.05) is 0 Å². The van der Waals surface area contributed by atoms with Crippen molar-refractivity contribution in [1.82, 2.24) is 0 Å². The fourth-order valence-corrected chi connectivity index (χ4v) is 2.19. The van der Waals surface area contributed by atoms with Crippen LogP contribution < -0.4 is 0 Å². The van der Waals surface area contributed by atoms with E-state index in [0.717, 1.165) is 11.8 Å². The molecule has 2 rings (SSSR count). The van der Waals surface area contributed by atoms with Crippen LogP contribution in [0.25, 0.3) is 0 Å². The molecule has 0 heterocycles. The highest BCUT2D eigenvalue weighted by Crippen LogP contribution is 2.31. The molecule has 0 unspecified atom stereocenters. The van der Waals surface area contributed by atoms with Crippen molar-refractivity contribution in [2.45, 2.75) is 58.8 Å². The van der Waals surface area contributed by atoms with E-state index >= 15 is 0 Å². The maximum atomic E-state index is 2.32.